The molecule has 0 spiro atoms. The molecule has 0 radical (unpaired) electrons. The molecule has 0 atom stereocenters. The highest BCUT2D eigenvalue weighted by molar-refractivity contribution is 6.35. The number of nitro groups is 1. The molecule has 23 heavy (non-hydrogen) atoms. The van der Waals surface area contributed by atoms with E-state index in [9.17, 15) is 19.7 Å². The van der Waals surface area contributed by atoms with Crippen molar-refractivity contribution in [3.05, 3.63) is 68.7 Å². The zero-order valence-corrected chi connectivity index (χ0v) is 12.5. The Morgan fingerprint density at radius 2 is 1.87 bits per heavy atom. The molecule has 2 aromatic rings. The Hall–Kier alpha value is -2.93. The van der Waals surface area contributed by atoms with Crippen LogP contribution in [-0.2, 0) is 4.79 Å². The number of primary amides is 1. The van der Waals surface area contributed by atoms with Gasteiger partial charge in [-0.25, -0.2) is 0 Å². The van der Waals surface area contributed by atoms with E-state index in [0.717, 1.165) is 6.07 Å². The number of nitro benzene ring substituents is 1. The Morgan fingerprint density at radius 1 is 1.17 bits per heavy atom. The van der Waals surface area contributed by atoms with Crippen molar-refractivity contribution in [1.29, 1.82) is 0 Å². The molecule has 0 aliphatic heterocycles. The summed E-state index contributed by atoms with van der Waals surface area (Å²) < 4.78 is 0. The SMILES string of the molecule is NC(=O)CNc1ccc([N+](=O)[O-])cc1C(=O)c1ccccc1Cl. The molecule has 0 aromatic heterocycles. The number of nitrogens with zero attached hydrogens (tertiary/aromatic N) is 1. The quantitative estimate of drug-likeness (QED) is 0.478. The molecule has 3 N–H and O–H groups in total. The van der Waals surface area contributed by atoms with Gasteiger partial charge in [-0.05, 0) is 18.2 Å². The van der Waals surface area contributed by atoms with E-state index in [1.807, 2.05) is 0 Å². The van der Waals surface area contributed by atoms with E-state index in [0.29, 0.717) is 0 Å². The molecule has 7 nitrogen and oxygen atoms in total. The number of anilines is 1. The van der Waals surface area contributed by atoms with E-state index >= 15 is 0 Å². The molecule has 0 saturated heterocycles. The first-order chi connectivity index (χ1) is 10.9. The van der Waals surface area contributed by atoms with Gasteiger partial charge in [0.2, 0.25) is 5.91 Å². The third kappa shape index (κ3) is 3.83. The lowest BCUT2D eigenvalue weighted by molar-refractivity contribution is -0.384. The number of amides is 1. The molecule has 0 saturated carbocycles. The van der Waals surface area contributed by atoms with Crippen LogP contribution in [0.5, 0.6) is 0 Å². The van der Waals surface area contributed by atoms with Crippen LogP contribution in [0.2, 0.25) is 5.02 Å². The van der Waals surface area contributed by atoms with E-state index < -0.39 is 16.6 Å². The van der Waals surface area contributed by atoms with E-state index in [4.69, 9.17) is 17.3 Å². The highest BCUT2D eigenvalue weighted by atomic mass is 35.5. The first kappa shape index (κ1) is 16.4. The fourth-order valence-electron chi connectivity index (χ4n) is 1.96. The highest BCUT2D eigenvalue weighted by Gasteiger charge is 2.20. The first-order valence-electron chi connectivity index (χ1n) is 6.50. The molecule has 0 aliphatic carbocycles. The molecule has 118 valence electrons. The molecule has 0 bridgehead atoms. The smallest absolute Gasteiger partial charge is 0.270 e. The summed E-state index contributed by atoms with van der Waals surface area (Å²) in [4.78, 5) is 33.9. The summed E-state index contributed by atoms with van der Waals surface area (Å²) >= 11 is 6.00. The predicted molar refractivity (Wildman–Crippen MR) is 85.7 cm³/mol. The molecule has 1 amide bonds. The second kappa shape index (κ2) is 6.89. The Balaban J connectivity index is 2.50. The van der Waals surface area contributed by atoms with E-state index in [-0.39, 0.29) is 34.1 Å². The Kier molecular flexibility index (Phi) is 4.92. The van der Waals surface area contributed by atoms with Crippen molar-refractivity contribution >= 4 is 34.7 Å². The molecular formula is C15H12ClN3O4. The molecule has 0 fully saturated rings. The third-order valence-electron chi connectivity index (χ3n) is 3.03. The van der Waals surface area contributed by atoms with Crippen LogP contribution in [0, 0.1) is 10.1 Å². The molecule has 8 heteroatoms. The van der Waals surface area contributed by atoms with Gasteiger partial charge in [0.15, 0.2) is 5.78 Å². The number of non-ortho nitro benzene ring substituents is 1. The van der Waals surface area contributed by atoms with Crippen molar-refractivity contribution in [1.82, 2.24) is 0 Å². The van der Waals surface area contributed by atoms with Crippen LogP contribution >= 0.6 is 11.6 Å². The average Bonchev–Trinajstić information content (AvgIpc) is 2.52. The maximum Gasteiger partial charge on any atom is 0.270 e. The highest BCUT2D eigenvalue weighted by Crippen LogP contribution is 2.27. The topological polar surface area (TPSA) is 115 Å². The van der Waals surface area contributed by atoms with Gasteiger partial charge in [-0.3, -0.25) is 19.7 Å². The number of nitrogens with one attached hydrogen (secondary N) is 1. The van der Waals surface area contributed by atoms with Gasteiger partial charge in [-0.2, -0.15) is 0 Å². The summed E-state index contributed by atoms with van der Waals surface area (Å²) in [6.45, 7) is -0.208. The normalized spacial score (nSPS) is 10.1. The van der Waals surface area contributed by atoms with Crippen LogP contribution in [-0.4, -0.2) is 23.2 Å². The van der Waals surface area contributed by atoms with Gasteiger partial charge in [0.1, 0.15) is 0 Å². The standard InChI is InChI=1S/C15H12ClN3O4/c16-12-4-2-1-3-10(12)15(21)11-7-9(19(22)23)5-6-13(11)18-8-14(17)20/h1-7,18H,8H2,(H2,17,20). The second-order valence-corrected chi connectivity index (χ2v) is 5.02. The number of ketones is 1. The van der Waals surface area contributed by atoms with Crippen molar-refractivity contribution in [3.63, 3.8) is 0 Å². The number of carbonyl (C=O) groups excluding carboxylic acids is 2. The minimum Gasteiger partial charge on any atom is -0.376 e. The zero-order valence-electron chi connectivity index (χ0n) is 11.8. The summed E-state index contributed by atoms with van der Waals surface area (Å²) in [5.74, 6) is -1.12. The first-order valence-corrected chi connectivity index (χ1v) is 6.88. The largest absolute Gasteiger partial charge is 0.376 e. The number of hydrogen-bond acceptors (Lipinski definition) is 5. The number of benzene rings is 2. The fourth-order valence-corrected chi connectivity index (χ4v) is 2.18. The Labute approximate surface area is 136 Å². The monoisotopic (exact) mass is 333 g/mol. The van der Waals surface area contributed by atoms with Crippen molar-refractivity contribution < 1.29 is 14.5 Å². The maximum absolute atomic E-state index is 12.6. The van der Waals surface area contributed by atoms with Gasteiger partial charge in [0.05, 0.1) is 22.1 Å². The van der Waals surface area contributed by atoms with E-state index in [1.54, 1.807) is 18.2 Å². The average molecular weight is 334 g/mol. The minimum absolute atomic E-state index is 0.0357. The second-order valence-electron chi connectivity index (χ2n) is 4.62. The molecule has 2 aromatic carbocycles. The number of hydrogen-bond donors (Lipinski definition) is 2. The Morgan fingerprint density at radius 3 is 2.48 bits per heavy atom. The van der Waals surface area contributed by atoms with Crippen LogP contribution in [0.15, 0.2) is 42.5 Å². The summed E-state index contributed by atoms with van der Waals surface area (Å²) in [7, 11) is 0. The maximum atomic E-state index is 12.6. The Bertz CT molecular complexity index is 792. The predicted octanol–water partition coefficient (Wildman–Crippen LogP) is 2.38. The van der Waals surface area contributed by atoms with Gasteiger partial charge >= 0.3 is 0 Å². The summed E-state index contributed by atoms with van der Waals surface area (Å²) in [5.41, 5.74) is 5.32. The van der Waals surface area contributed by atoms with Gasteiger partial charge in [0, 0.05) is 23.4 Å². The molecule has 0 unspecified atom stereocenters. The number of rotatable bonds is 6. The summed E-state index contributed by atoms with van der Waals surface area (Å²) in [5, 5.41) is 13.8. The summed E-state index contributed by atoms with van der Waals surface area (Å²) in [6.07, 6.45) is 0. The minimum atomic E-state index is -0.625. The number of carbonyl (C=O) groups is 2. The lowest BCUT2D eigenvalue weighted by Crippen LogP contribution is -2.22. The zero-order chi connectivity index (χ0) is 17.0. The number of nitrogens with two attached hydrogens (primary N) is 1. The molecule has 0 heterocycles. The lowest BCUT2D eigenvalue weighted by atomic mass is 10.0. The van der Waals surface area contributed by atoms with Crippen LogP contribution in [0.1, 0.15) is 15.9 Å². The van der Waals surface area contributed by atoms with E-state index in [1.165, 1.54) is 18.2 Å². The van der Waals surface area contributed by atoms with Crippen LogP contribution in [0.25, 0.3) is 0 Å². The van der Waals surface area contributed by atoms with Crippen LogP contribution in [0.3, 0.4) is 0 Å². The van der Waals surface area contributed by atoms with Gasteiger partial charge in [0.25, 0.3) is 5.69 Å². The van der Waals surface area contributed by atoms with Crippen LogP contribution in [0.4, 0.5) is 11.4 Å². The van der Waals surface area contributed by atoms with Gasteiger partial charge in [-0.1, -0.05) is 23.7 Å². The fraction of sp³-hybridized carbons (Fsp3) is 0.0667. The van der Waals surface area contributed by atoms with Crippen molar-refractivity contribution in [2.75, 3.05) is 11.9 Å². The van der Waals surface area contributed by atoms with Crippen molar-refractivity contribution in [3.8, 4) is 0 Å². The van der Waals surface area contributed by atoms with Gasteiger partial charge < -0.3 is 11.1 Å². The molecule has 2 rings (SSSR count). The van der Waals surface area contributed by atoms with Crippen LogP contribution < -0.4 is 11.1 Å². The van der Waals surface area contributed by atoms with Crippen molar-refractivity contribution in [2.45, 2.75) is 0 Å². The third-order valence-corrected chi connectivity index (χ3v) is 3.36. The molecule has 0 aliphatic rings. The van der Waals surface area contributed by atoms with E-state index in [2.05, 4.69) is 5.32 Å². The summed E-state index contributed by atoms with van der Waals surface area (Å²) in [6, 6.07) is 10.1. The number of halogens is 1. The van der Waals surface area contributed by atoms with Crippen molar-refractivity contribution in [2.24, 2.45) is 5.73 Å². The lowest BCUT2D eigenvalue weighted by Gasteiger charge is -2.11. The van der Waals surface area contributed by atoms with Gasteiger partial charge in [-0.15, -0.1) is 0 Å². The molecular weight excluding hydrogens is 322 g/mol.